The number of nitrogens with one attached hydrogen (secondary N) is 2. The maximum Gasteiger partial charge on any atom is 0.339 e. The molecule has 2 amide bonds. The third-order valence-electron chi connectivity index (χ3n) is 6.91. The summed E-state index contributed by atoms with van der Waals surface area (Å²) in [5, 5.41) is 6.46. The average molecular weight is 505 g/mol. The first kappa shape index (κ1) is 25.6. The van der Waals surface area contributed by atoms with E-state index < -0.39 is 5.97 Å². The Balaban J connectivity index is 1.72. The van der Waals surface area contributed by atoms with Crippen molar-refractivity contribution in [2.75, 3.05) is 17.7 Å². The monoisotopic (exact) mass is 504 g/mol. The number of thiophene rings is 1. The second-order valence-corrected chi connectivity index (χ2v) is 11.4. The van der Waals surface area contributed by atoms with Gasteiger partial charge in [0.15, 0.2) is 0 Å². The van der Waals surface area contributed by atoms with Crippen LogP contribution in [0.2, 0.25) is 0 Å². The quantitative estimate of drug-likeness (QED) is 0.389. The topological polar surface area (TPSA) is 84.5 Å². The molecule has 0 saturated heterocycles. The number of esters is 1. The number of amides is 2. The van der Waals surface area contributed by atoms with E-state index in [-0.39, 0.29) is 22.8 Å². The molecular weight excluding hydrogens is 472 g/mol. The Labute approximate surface area is 216 Å². The Bertz CT molecular complexity index is 1320. The first-order valence-electron chi connectivity index (χ1n) is 12.1. The van der Waals surface area contributed by atoms with Gasteiger partial charge in [-0.25, -0.2) is 4.79 Å². The van der Waals surface area contributed by atoms with Crippen molar-refractivity contribution >= 4 is 39.8 Å². The molecule has 0 fully saturated rings. The van der Waals surface area contributed by atoms with Crippen LogP contribution in [0.3, 0.4) is 0 Å². The molecule has 3 aromatic rings. The van der Waals surface area contributed by atoms with Crippen LogP contribution in [0.25, 0.3) is 0 Å². The summed E-state index contributed by atoms with van der Waals surface area (Å²) >= 11 is 1.48. The molecule has 7 heteroatoms. The summed E-state index contributed by atoms with van der Waals surface area (Å²) in [6, 6.07) is 14.1. The lowest BCUT2D eigenvalue weighted by Crippen LogP contribution is -2.27. The molecule has 0 radical (unpaired) electrons. The summed E-state index contributed by atoms with van der Waals surface area (Å²) in [6.07, 6.45) is 2.59. The van der Waals surface area contributed by atoms with Gasteiger partial charge in [-0.05, 0) is 66.8 Å². The highest BCUT2D eigenvalue weighted by Gasteiger charge is 2.34. The molecule has 0 aliphatic heterocycles. The van der Waals surface area contributed by atoms with Crippen molar-refractivity contribution in [3.8, 4) is 0 Å². The van der Waals surface area contributed by atoms with Crippen LogP contribution in [-0.4, -0.2) is 24.9 Å². The van der Waals surface area contributed by atoms with E-state index >= 15 is 0 Å². The van der Waals surface area contributed by atoms with Crippen LogP contribution in [-0.2, 0) is 17.6 Å². The molecule has 2 N–H and O–H groups in total. The zero-order valence-corrected chi connectivity index (χ0v) is 22.2. The van der Waals surface area contributed by atoms with E-state index in [1.54, 1.807) is 30.3 Å². The number of hydrogen-bond donors (Lipinski definition) is 2. The fourth-order valence-corrected chi connectivity index (χ4v) is 6.04. The molecule has 1 aromatic heterocycles. The lowest BCUT2D eigenvalue weighted by Gasteiger charge is -2.33. The number of ether oxygens (including phenoxy) is 1. The number of hydrogen-bond acceptors (Lipinski definition) is 5. The summed E-state index contributed by atoms with van der Waals surface area (Å²) < 4.78 is 4.87. The molecule has 1 atom stereocenters. The number of carbonyl (C=O) groups excluding carboxylic acids is 3. The lowest BCUT2D eigenvalue weighted by atomic mass is 9.72. The van der Waals surface area contributed by atoms with Crippen LogP contribution in [0, 0.1) is 18.3 Å². The average Bonchev–Trinajstić information content (AvgIpc) is 3.20. The summed E-state index contributed by atoms with van der Waals surface area (Å²) in [5.41, 5.74) is 3.68. The molecule has 1 aliphatic rings. The number of benzene rings is 2. The van der Waals surface area contributed by atoms with Gasteiger partial charge in [-0.1, -0.05) is 51.1 Å². The number of anilines is 2. The Kier molecular flexibility index (Phi) is 7.31. The van der Waals surface area contributed by atoms with Crippen LogP contribution in [0.4, 0.5) is 10.7 Å². The van der Waals surface area contributed by atoms with E-state index in [0.717, 1.165) is 35.3 Å². The molecule has 1 heterocycles. The third-order valence-corrected chi connectivity index (χ3v) is 8.08. The zero-order valence-electron chi connectivity index (χ0n) is 21.4. The lowest BCUT2D eigenvalue weighted by molar-refractivity contribution is 0.0601. The van der Waals surface area contributed by atoms with Gasteiger partial charge in [-0.15, -0.1) is 11.3 Å². The normalized spacial score (nSPS) is 15.1. The van der Waals surface area contributed by atoms with Crippen molar-refractivity contribution in [1.82, 2.24) is 0 Å². The molecule has 2 aromatic carbocycles. The first-order valence-corrected chi connectivity index (χ1v) is 12.9. The molecule has 1 aliphatic carbocycles. The number of methoxy groups -OCH3 is 1. The SMILES string of the molecule is COC(=O)c1ccccc1NC(=O)c1c(NC(=O)c2ccccc2C)sc2c1CCC(C(C)(C)C)C2. The van der Waals surface area contributed by atoms with Crippen LogP contribution in [0.15, 0.2) is 48.5 Å². The molecule has 4 rings (SSSR count). The van der Waals surface area contributed by atoms with Crippen molar-refractivity contribution in [2.24, 2.45) is 11.3 Å². The maximum atomic E-state index is 13.7. The van der Waals surface area contributed by atoms with Crippen molar-refractivity contribution in [3.63, 3.8) is 0 Å². The van der Waals surface area contributed by atoms with E-state index in [0.29, 0.717) is 27.7 Å². The molecule has 188 valence electrons. The van der Waals surface area contributed by atoms with Crippen LogP contribution < -0.4 is 10.6 Å². The molecule has 0 bridgehead atoms. The third kappa shape index (κ3) is 5.21. The molecule has 1 unspecified atom stereocenters. The Morgan fingerprint density at radius 2 is 1.61 bits per heavy atom. The molecule has 36 heavy (non-hydrogen) atoms. The minimum atomic E-state index is -0.528. The van der Waals surface area contributed by atoms with Gasteiger partial charge >= 0.3 is 5.97 Å². The fraction of sp³-hybridized carbons (Fsp3) is 0.345. The predicted octanol–water partition coefficient (Wildman–Crippen LogP) is 6.50. The molecular formula is C29H32N2O4S. The smallest absolute Gasteiger partial charge is 0.339 e. The van der Waals surface area contributed by atoms with Crippen LogP contribution >= 0.6 is 11.3 Å². The second-order valence-electron chi connectivity index (χ2n) is 10.3. The number of carbonyl (C=O) groups is 3. The minimum Gasteiger partial charge on any atom is -0.465 e. The number of aryl methyl sites for hydroxylation is 1. The Hall–Kier alpha value is -3.45. The second kappa shape index (κ2) is 10.3. The molecule has 0 spiro atoms. The standard InChI is InChI=1S/C29H32N2O4S/c1-17-10-6-7-11-19(17)25(32)31-27-24(21-15-14-18(29(2,3)4)16-23(21)36-27)26(33)30-22-13-9-8-12-20(22)28(34)35-5/h6-13,18H,14-16H2,1-5H3,(H,30,33)(H,31,32). The van der Waals surface area contributed by atoms with Gasteiger partial charge in [-0.2, -0.15) is 0 Å². The van der Waals surface area contributed by atoms with Gasteiger partial charge in [0.1, 0.15) is 5.00 Å². The van der Waals surface area contributed by atoms with E-state index in [9.17, 15) is 14.4 Å². The molecule has 6 nitrogen and oxygen atoms in total. The summed E-state index contributed by atoms with van der Waals surface area (Å²) in [6.45, 7) is 8.62. The Morgan fingerprint density at radius 1 is 0.944 bits per heavy atom. The number of fused-ring (bicyclic) bond motifs is 1. The van der Waals surface area contributed by atoms with Crippen LogP contribution in [0.1, 0.15) is 74.3 Å². The summed E-state index contributed by atoms with van der Waals surface area (Å²) in [4.78, 5) is 40.2. The first-order chi connectivity index (χ1) is 17.1. The minimum absolute atomic E-state index is 0.147. The predicted molar refractivity (Wildman–Crippen MR) is 144 cm³/mol. The van der Waals surface area contributed by atoms with Crippen molar-refractivity contribution in [1.29, 1.82) is 0 Å². The van der Waals surface area contributed by atoms with Crippen molar-refractivity contribution in [2.45, 2.75) is 47.0 Å². The van der Waals surface area contributed by atoms with Gasteiger partial charge in [0, 0.05) is 10.4 Å². The summed E-state index contributed by atoms with van der Waals surface area (Å²) in [7, 11) is 1.31. The maximum absolute atomic E-state index is 13.7. The molecule has 0 saturated carbocycles. The van der Waals surface area contributed by atoms with Crippen LogP contribution in [0.5, 0.6) is 0 Å². The zero-order chi connectivity index (χ0) is 26.0. The highest BCUT2D eigenvalue weighted by molar-refractivity contribution is 7.17. The van der Waals surface area contributed by atoms with Gasteiger partial charge in [-0.3, -0.25) is 9.59 Å². The van der Waals surface area contributed by atoms with E-state index in [4.69, 9.17) is 4.74 Å². The van der Waals surface area contributed by atoms with E-state index in [1.165, 1.54) is 18.4 Å². The fourth-order valence-electron chi connectivity index (χ4n) is 4.72. The summed E-state index contributed by atoms with van der Waals surface area (Å²) in [5.74, 6) is -0.639. The van der Waals surface area contributed by atoms with Gasteiger partial charge in [0.2, 0.25) is 0 Å². The van der Waals surface area contributed by atoms with Crippen molar-refractivity contribution < 1.29 is 19.1 Å². The van der Waals surface area contributed by atoms with E-state index in [1.807, 2.05) is 25.1 Å². The highest BCUT2D eigenvalue weighted by atomic mass is 32.1. The van der Waals surface area contributed by atoms with Crippen molar-refractivity contribution in [3.05, 3.63) is 81.2 Å². The van der Waals surface area contributed by atoms with Gasteiger partial charge in [0.05, 0.1) is 23.9 Å². The van der Waals surface area contributed by atoms with E-state index in [2.05, 4.69) is 31.4 Å². The highest BCUT2D eigenvalue weighted by Crippen LogP contribution is 2.44. The number of rotatable bonds is 5. The number of para-hydroxylation sites is 1. The van der Waals surface area contributed by atoms with Gasteiger partial charge < -0.3 is 15.4 Å². The van der Waals surface area contributed by atoms with Gasteiger partial charge in [0.25, 0.3) is 11.8 Å². The Morgan fingerprint density at radius 3 is 2.28 bits per heavy atom. The largest absolute Gasteiger partial charge is 0.465 e.